The van der Waals surface area contributed by atoms with Gasteiger partial charge in [0.25, 0.3) is 0 Å². The molecule has 1 saturated heterocycles. The minimum Gasteiger partial charge on any atom is -0.409 e. The molecule has 0 radical (unpaired) electrons. The molecule has 1 heterocycles. The fraction of sp³-hybridized carbons (Fsp3) is 0.833. The number of amides is 1. The standard InChI is InChI=1S/C12H23N3O3/c1-3-12(2,10(13)15-17)11(16)14-7-9-5-4-6-18-8-9/h9,17H,3-8H2,1-2H3,(H2,13,15)(H,14,16). The van der Waals surface area contributed by atoms with E-state index in [1.807, 2.05) is 6.92 Å². The van der Waals surface area contributed by atoms with E-state index in [0.29, 0.717) is 25.5 Å². The van der Waals surface area contributed by atoms with Crippen LogP contribution in [0.1, 0.15) is 33.1 Å². The number of hydrogen-bond acceptors (Lipinski definition) is 4. The number of rotatable bonds is 5. The van der Waals surface area contributed by atoms with Gasteiger partial charge in [-0.15, -0.1) is 0 Å². The molecule has 0 aliphatic carbocycles. The molecule has 1 fully saturated rings. The van der Waals surface area contributed by atoms with Crippen molar-refractivity contribution in [3.63, 3.8) is 0 Å². The summed E-state index contributed by atoms with van der Waals surface area (Å²) in [4.78, 5) is 12.1. The summed E-state index contributed by atoms with van der Waals surface area (Å²) in [5.74, 6) is 0.101. The number of nitrogens with two attached hydrogens (primary N) is 1. The molecule has 18 heavy (non-hydrogen) atoms. The summed E-state index contributed by atoms with van der Waals surface area (Å²) >= 11 is 0. The molecule has 1 rings (SSSR count). The molecule has 2 unspecified atom stereocenters. The average Bonchev–Trinajstić information content (AvgIpc) is 2.43. The Bertz CT molecular complexity index is 314. The van der Waals surface area contributed by atoms with Crippen LogP contribution in [0.15, 0.2) is 5.16 Å². The monoisotopic (exact) mass is 257 g/mol. The van der Waals surface area contributed by atoms with Crippen LogP contribution in [0.5, 0.6) is 0 Å². The third-order valence-corrected chi connectivity index (χ3v) is 3.69. The maximum absolute atomic E-state index is 12.1. The van der Waals surface area contributed by atoms with Crippen LogP contribution >= 0.6 is 0 Å². The van der Waals surface area contributed by atoms with Crippen LogP contribution < -0.4 is 11.1 Å². The van der Waals surface area contributed by atoms with E-state index in [2.05, 4.69) is 10.5 Å². The first kappa shape index (κ1) is 14.8. The molecule has 0 aromatic carbocycles. The van der Waals surface area contributed by atoms with Crippen molar-refractivity contribution >= 4 is 11.7 Å². The molecule has 4 N–H and O–H groups in total. The van der Waals surface area contributed by atoms with Gasteiger partial charge in [-0.1, -0.05) is 12.1 Å². The van der Waals surface area contributed by atoms with Gasteiger partial charge < -0.3 is 21.0 Å². The highest BCUT2D eigenvalue weighted by atomic mass is 16.5. The third-order valence-electron chi connectivity index (χ3n) is 3.69. The maximum Gasteiger partial charge on any atom is 0.233 e. The normalized spacial score (nSPS) is 24.3. The van der Waals surface area contributed by atoms with Gasteiger partial charge in [0.1, 0.15) is 5.41 Å². The van der Waals surface area contributed by atoms with E-state index in [-0.39, 0.29) is 11.7 Å². The first-order chi connectivity index (χ1) is 8.54. The van der Waals surface area contributed by atoms with Crippen LogP contribution in [-0.4, -0.2) is 36.7 Å². The smallest absolute Gasteiger partial charge is 0.233 e. The Morgan fingerprint density at radius 2 is 2.39 bits per heavy atom. The van der Waals surface area contributed by atoms with E-state index in [1.165, 1.54) is 0 Å². The Morgan fingerprint density at radius 1 is 1.67 bits per heavy atom. The number of nitrogens with one attached hydrogen (secondary N) is 1. The summed E-state index contributed by atoms with van der Waals surface area (Å²) in [6.07, 6.45) is 2.58. The van der Waals surface area contributed by atoms with E-state index in [0.717, 1.165) is 19.4 Å². The van der Waals surface area contributed by atoms with E-state index in [1.54, 1.807) is 6.92 Å². The molecule has 2 atom stereocenters. The predicted molar refractivity (Wildman–Crippen MR) is 68.4 cm³/mol. The van der Waals surface area contributed by atoms with Gasteiger partial charge in [0.15, 0.2) is 5.84 Å². The number of hydrogen-bond donors (Lipinski definition) is 3. The second-order valence-electron chi connectivity index (χ2n) is 4.96. The number of carbonyl (C=O) groups excluding carboxylic acids is 1. The van der Waals surface area contributed by atoms with Gasteiger partial charge in [0.05, 0.1) is 6.61 Å². The highest BCUT2D eigenvalue weighted by Crippen LogP contribution is 2.22. The second-order valence-corrected chi connectivity index (χ2v) is 4.96. The Balaban J connectivity index is 2.52. The summed E-state index contributed by atoms with van der Waals surface area (Å²) in [7, 11) is 0. The Labute approximate surface area is 108 Å². The summed E-state index contributed by atoms with van der Waals surface area (Å²) in [5, 5.41) is 14.6. The highest BCUT2D eigenvalue weighted by molar-refractivity contribution is 6.06. The van der Waals surface area contributed by atoms with E-state index < -0.39 is 5.41 Å². The van der Waals surface area contributed by atoms with E-state index >= 15 is 0 Å². The molecule has 0 spiro atoms. The Morgan fingerprint density at radius 3 is 2.89 bits per heavy atom. The molecule has 0 bridgehead atoms. The second kappa shape index (κ2) is 6.58. The van der Waals surface area contributed by atoms with Gasteiger partial charge in [-0.05, 0) is 32.1 Å². The fourth-order valence-corrected chi connectivity index (χ4v) is 1.97. The summed E-state index contributed by atoms with van der Waals surface area (Å²) in [6.45, 7) is 5.58. The summed E-state index contributed by atoms with van der Waals surface area (Å²) < 4.78 is 5.36. The molecule has 1 amide bonds. The zero-order valence-corrected chi connectivity index (χ0v) is 11.1. The van der Waals surface area contributed by atoms with E-state index in [4.69, 9.17) is 15.7 Å². The fourth-order valence-electron chi connectivity index (χ4n) is 1.97. The van der Waals surface area contributed by atoms with Crippen LogP contribution in [0.2, 0.25) is 0 Å². The van der Waals surface area contributed by atoms with Crippen molar-refractivity contribution in [3.8, 4) is 0 Å². The first-order valence-corrected chi connectivity index (χ1v) is 6.38. The van der Waals surface area contributed by atoms with Gasteiger partial charge in [0.2, 0.25) is 5.91 Å². The lowest BCUT2D eigenvalue weighted by atomic mass is 9.85. The molecule has 0 aromatic rings. The molecular formula is C12H23N3O3. The number of oxime groups is 1. The molecule has 1 aliphatic heterocycles. The molecule has 0 saturated carbocycles. The minimum atomic E-state index is -0.954. The van der Waals surface area contributed by atoms with Crippen molar-refractivity contribution in [2.45, 2.75) is 33.1 Å². The van der Waals surface area contributed by atoms with Crippen molar-refractivity contribution in [1.29, 1.82) is 0 Å². The van der Waals surface area contributed by atoms with Crippen LogP contribution in [0.25, 0.3) is 0 Å². The lowest BCUT2D eigenvalue weighted by Crippen LogP contribution is -2.49. The topological polar surface area (TPSA) is 96.9 Å². The van der Waals surface area contributed by atoms with Crippen LogP contribution in [-0.2, 0) is 9.53 Å². The van der Waals surface area contributed by atoms with Crippen LogP contribution in [0.4, 0.5) is 0 Å². The zero-order chi connectivity index (χ0) is 13.6. The lowest BCUT2D eigenvalue weighted by Gasteiger charge is -2.28. The van der Waals surface area contributed by atoms with Crippen molar-refractivity contribution in [3.05, 3.63) is 0 Å². The van der Waals surface area contributed by atoms with E-state index in [9.17, 15) is 4.79 Å². The van der Waals surface area contributed by atoms with Gasteiger partial charge in [-0.2, -0.15) is 0 Å². The molecular weight excluding hydrogens is 234 g/mol. The largest absolute Gasteiger partial charge is 0.409 e. The Hall–Kier alpha value is -1.30. The summed E-state index contributed by atoms with van der Waals surface area (Å²) in [5.41, 5.74) is 4.63. The highest BCUT2D eigenvalue weighted by Gasteiger charge is 2.36. The first-order valence-electron chi connectivity index (χ1n) is 6.38. The van der Waals surface area contributed by atoms with Crippen LogP contribution in [0.3, 0.4) is 0 Å². The number of nitrogens with zero attached hydrogens (tertiary/aromatic N) is 1. The number of carbonyl (C=O) groups is 1. The molecule has 6 nitrogen and oxygen atoms in total. The van der Waals surface area contributed by atoms with Crippen LogP contribution in [0, 0.1) is 11.3 Å². The minimum absolute atomic E-state index is 0.0533. The molecule has 6 heteroatoms. The number of amidine groups is 1. The summed E-state index contributed by atoms with van der Waals surface area (Å²) in [6, 6.07) is 0. The maximum atomic E-state index is 12.1. The molecule has 104 valence electrons. The number of ether oxygens (including phenoxy) is 1. The zero-order valence-electron chi connectivity index (χ0n) is 11.1. The quantitative estimate of drug-likeness (QED) is 0.292. The van der Waals surface area contributed by atoms with Crippen molar-refractivity contribution in [1.82, 2.24) is 5.32 Å². The Kier molecular flexibility index (Phi) is 5.40. The average molecular weight is 257 g/mol. The molecule has 0 aromatic heterocycles. The van der Waals surface area contributed by atoms with Crippen molar-refractivity contribution in [2.75, 3.05) is 19.8 Å². The lowest BCUT2D eigenvalue weighted by molar-refractivity contribution is -0.127. The molecule has 1 aliphatic rings. The third kappa shape index (κ3) is 3.35. The van der Waals surface area contributed by atoms with Gasteiger partial charge in [0, 0.05) is 13.2 Å². The SMILES string of the molecule is CCC(C)(C(=O)NCC1CCCOC1)C(N)=NO. The van der Waals surface area contributed by atoms with Gasteiger partial charge >= 0.3 is 0 Å². The van der Waals surface area contributed by atoms with Crippen molar-refractivity contribution < 1.29 is 14.7 Å². The predicted octanol–water partition coefficient (Wildman–Crippen LogP) is 0.692. The van der Waals surface area contributed by atoms with Gasteiger partial charge in [-0.3, -0.25) is 4.79 Å². The van der Waals surface area contributed by atoms with Crippen molar-refractivity contribution in [2.24, 2.45) is 22.2 Å². The van der Waals surface area contributed by atoms with Gasteiger partial charge in [-0.25, -0.2) is 0 Å².